The summed E-state index contributed by atoms with van der Waals surface area (Å²) in [4.78, 5) is 12.3. The predicted molar refractivity (Wildman–Crippen MR) is 102 cm³/mol. The highest BCUT2D eigenvalue weighted by molar-refractivity contribution is 6.33. The first-order valence-electron chi connectivity index (χ1n) is 8.62. The average Bonchev–Trinajstić information content (AvgIpc) is 3.17. The molecule has 0 amide bonds. The molecule has 0 fully saturated rings. The van der Waals surface area contributed by atoms with Crippen molar-refractivity contribution in [2.24, 2.45) is 5.92 Å². The Morgan fingerprint density at radius 2 is 2.08 bits per heavy atom. The highest BCUT2D eigenvalue weighted by Crippen LogP contribution is 2.52. The van der Waals surface area contributed by atoms with Crippen LogP contribution in [0.2, 0.25) is 5.02 Å². The van der Waals surface area contributed by atoms with Crippen LogP contribution in [0.4, 0.5) is 5.69 Å². The molecule has 0 saturated carbocycles. The molecule has 5 heteroatoms. The number of halogens is 1. The quantitative estimate of drug-likeness (QED) is 0.613. The summed E-state index contributed by atoms with van der Waals surface area (Å²) in [6, 6.07) is 11.7. The average molecular weight is 370 g/mol. The number of rotatable bonds is 3. The first-order valence-corrected chi connectivity index (χ1v) is 8.99. The van der Waals surface area contributed by atoms with Crippen molar-refractivity contribution >= 4 is 23.3 Å². The second kappa shape index (κ2) is 6.69. The Morgan fingerprint density at radius 3 is 2.85 bits per heavy atom. The van der Waals surface area contributed by atoms with E-state index in [1.807, 2.05) is 12.1 Å². The molecule has 2 aliphatic rings. The first kappa shape index (κ1) is 17.0. The minimum Gasteiger partial charge on any atom is -0.497 e. The molecule has 2 aromatic carbocycles. The van der Waals surface area contributed by atoms with Gasteiger partial charge in [0.15, 0.2) is 0 Å². The minimum absolute atomic E-state index is 0.0861. The van der Waals surface area contributed by atoms with Crippen LogP contribution in [0.25, 0.3) is 0 Å². The molecule has 0 radical (unpaired) electrons. The van der Waals surface area contributed by atoms with Crippen LogP contribution in [0.5, 0.6) is 5.75 Å². The molecule has 0 bridgehead atoms. The maximum absolute atomic E-state index is 12.3. The van der Waals surface area contributed by atoms with Gasteiger partial charge in [-0.3, -0.25) is 0 Å². The number of carbonyl (C=O) groups excluding carboxylic acids is 1. The molecule has 26 heavy (non-hydrogen) atoms. The number of nitrogens with one attached hydrogen (secondary N) is 1. The summed E-state index contributed by atoms with van der Waals surface area (Å²) in [6.45, 7) is 0. The van der Waals surface area contributed by atoms with Gasteiger partial charge in [-0.15, -0.1) is 0 Å². The summed E-state index contributed by atoms with van der Waals surface area (Å²) in [7, 11) is 3.07. The van der Waals surface area contributed by atoms with Crippen molar-refractivity contribution < 1.29 is 14.3 Å². The van der Waals surface area contributed by atoms with E-state index in [1.54, 1.807) is 19.2 Å². The van der Waals surface area contributed by atoms with E-state index < -0.39 is 0 Å². The van der Waals surface area contributed by atoms with Crippen LogP contribution >= 0.6 is 11.6 Å². The molecule has 1 aliphatic carbocycles. The number of esters is 1. The topological polar surface area (TPSA) is 47.6 Å². The molecule has 1 N–H and O–H groups in total. The zero-order chi connectivity index (χ0) is 18.3. The SMILES string of the molecule is COC(=O)c1ccc(Cl)c2c1[C@@H]1C=CC[C@H]1[C@@H](c1cccc(OC)c1)N2. The van der Waals surface area contributed by atoms with Gasteiger partial charge >= 0.3 is 5.97 Å². The number of carbonyl (C=O) groups is 1. The largest absolute Gasteiger partial charge is 0.497 e. The van der Waals surface area contributed by atoms with Crippen LogP contribution < -0.4 is 10.1 Å². The monoisotopic (exact) mass is 369 g/mol. The van der Waals surface area contributed by atoms with Gasteiger partial charge in [-0.1, -0.05) is 35.9 Å². The summed E-state index contributed by atoms with van der Waals surface area (Å²) in [6.07, 6.45) is 5.30. The minimum atomic E-state index is -0.335. The molecule has 1 heterocycles. The van der Waals surface area contributed by atoms with Gasteiger partial charge in [0.25, 0.3) is 0 Å². The van der Waals surface area contributed by atoms with Gasteiger partial charge < -0.3 is 14.8 Å². The van der Waals surface area contributed by atoms with Gasteiger partial charge in [0.2, 0.25) is 0 Å². The number of hydrogen-bond donors (Lipinski definition) is 1. The lowest BCUT2D eigenvalue weighted by atomic mass is 9.75. The van der Waals surface area contributed by atoms with Gasteiger partial charge in [-0.2, -0.15) is 0 Å². The summed E-state index contributed by atoms with van der Waals surface area (Å²) >= 11 is 6.50. The molecule has 134 valence electrons. The Morgan fingerprint density at radius 1 is 1.23 bits per heavy atom. The van der Waals surface area contributed by atoms with Crippen molar-refractivity contribution in [2.75, 3.05) is 19.5 Å². The Balaban J connectivity index is 1.84. The highest BCUT2D eigenvalue weighted by atomic mass is 35.5. The zero-order valence-electron chi connectivity index (χ0n) is 14.7. The van der Waals surface area contributed by atoms with E-state index in [4.69, 9.17) is 21.1 Å². The van der Waals surface area contributed by atoms with Gasteiger partial charge in [0.05, 0.1) is 36.5 Å². The maximum Gasteiger partial charge on any atom is 0.338 e. The molecular weight excluding hydrogens is 350 g/mol. The number of benzene rings is 2. The van der Waals surface area contributed by atoms with Gasteiger partial charge in [-0.05, 0) is 47.7 Å². The smallest absolute Gasteiger partial charge is 0.338 e. The maximum atomic E-state index is 12.3. The molecule has 2 aromatic rings. The fourth-order valence-corrected chi connectivity index (χ4v) is 4.35. The Labute approximate surface area is 157 Å². The number of methoxy groups -OCH3 is 2. The van der Waals surface area contributed by atoms with Gasteiger partial charge in [0, 0.05) is 5.92 Å². The number of hydrogen-bond acceptors (Lipinski definition) is 4. The fraction of sp³-hybridized carbons (Fsp3) is 0.286. The third-order valence-corrected chi connectivity index (χ3v) is 5.64. The van der Waals surface area contributed by atoms with E-state index in [0.29, 0.717) is 16.5 Å². The fourth-order valence-electron chi connectivity index (χ4n) is 4.13. The lowest BCUT2D eigenvalue weighted by Gasteiger charge is -2.38. The van der Waals surface area contributed by atoms with Crippen LogP contribution in [0.15, 0.2) is 48.6 Å². The van der Waals surface area contributed by atoms with E-state index in [1.165, 1.54) is 7.11 Å². The van der Waals surface area contributed by atoms with Crippen molar-refractivity contribution in [2.45, 2.75) is 18.4 Å². The number of fused-ring (bicyclic) bond motifs is 3. The van der Waals surface area contributed by atoms with Crippen molar-refractivity contribution in [3.8, 4) is 5.75 Å². The third kappa shape index (κ3) is 2.65. The lowest BCUT2D eigenvalue weighted by Crippen LogP contribution is -2.30. The standard InChI is InChI=1S/C21H20ClNO3/c1-25-13-6-3-5-12(11-13)19-15-8-4-7-14(15)18-16(21(24)26-2)9-10-17(22)20(18)23-19/h3-7,9-11,14-15,19,23H,8H2,1-2H3/t14-,15-,19-/m1/s1. The Bertz CT molecular complexity index is 893. The van der Waals surface area contributed by atoms with Gasteiger partial charge in [0.1, 0.15) is 5.75 Å². The molecule has 0 saturated heterocycles. The van der Waals surface area contributed by atoms with Crippen molar-refractivity contribution in [1.82, 2.24) is 0 Å². The number of anilines is 1. The second-order valence-corrected chi connectivity index (χ2v) is 7.03. The first-order chi connectivity index (χ1) is 12.6. The molecular formula is C21H20ClNO3. The molecule has 4 rings (SSSR count). The summed E-state index contributed by atoms with van der Waals surface area (Å²) < 4.78 is 10.4. The molecule has 3 atom stereocenters. The van der Waals surface area contributed by atoms with Crippen molar-refractivity contribution in [3.63, 3.8) is 0 Å². The highest BCUT2D eigenvalue weighted by Gasteiger charge is 2.41. The van der Waals surface area contributed by atoms with E-state index >= 15 is 0 Å². The predicted octanol–water partition coefficient (Wildman–Crippen LogP) is 4.96. The lowest BCUT2D eigenvalue weighted by molar-refractivity contribution is 0.0598. The third-order valence-electron chi connectivity index (χ3n) is 5.33. The van der Waals surface area contributed by atoms with E-state index in [0.717, 1.165) is 29.0 Å². The summed E-state index contributed by atoms with van der Waals surface area (Å²) in [5.74, 6) is 0.914. The Hall–Kier alpha value is -2.46. The summed E-state index contributed by atoms with van der Waals surface area (Å²) in [5, 5.41) is 4.20. The van der Waals surface area contributed by atoms with Crippen LogP contribution in [-0.2, 0) is 4.74 Å². The molecule has 0 spiro atoms. The normalized spacial score (nSPS) is 23.0. The van der Waals surface area contributed by atoms with Gasteiger partial charge in [-0.25, -0.2) is 4.79 Å². The van der Waals surface area contributed by atoms with Crippen LogP contribution in [0, 0.1) is 5.92 Å². The van der Waals surface area contributed by atoms with E-state index in [-0.39, 0.29) is 17.9 Å². The molecule has 0 aromatic heterocycles. The Kier molecular flexibility index (Phi) is 4.37. The van der Waals surface area contributed by atoms with E-state index in [9.17, 15) is 4.79 Å². The number of allylic oxidation sites excluding steroid dienone is 2. The molecule has 1 aliphatic heterocycles. The zero-order valence-corrected chi connectivity index (χ0v) is 15.4. The second-order valence-electron chi connectivity index (χ2n) is 6.63. The van der Waals surface area contributed by atoms with Crippen LogP contribution in [0.3, 0.4) is 0 Å². The molecule has 0 unspecified atom stereocenters. The van der Waals surface area contributed by atoms with Crippen molar-refractivity contribution in [1.29, 1.82) is 0 Å². The summed E-state index contributed by atoms with van der Waals surface area (Å²) in [5.41, 5.74) is 3.47. The van der Waals surface area contributed by atoms with Crippen LogP contribution in [-0.4, -0.2) is 20.2 Å². The van der Waals surface area contributed by atoms with Crippen LogP contribution in [0.1, 0.15) is 39.9 Å². The molecule has 4 nitrogen and oxygen atoms in total. The van der Waals surface area contributed by atoms with Crippen molar-refractivity contribution in [3.05, 3.63) is 70.3 Å². The van der Waals surface area contributed by atoms with E-state index in [2.05, 4.69) is 29.6 Å². The number of ether oxygens (including phenoxy) is 2.